The molecule has 0 aromatic rings. The Morgan fingerprint density at radius 2 is 1.48 bits per heavy atom. The third kappa shape index (κ3) is 6.86. The van der Waals surface area contributed by atoms with Crippen LogP contribution in [0.2, 0.25) is 0 Å². The Morgan fingerprint density at radius 3 is 2.13 bits per heavy atom. The van der Waals surface area contributed by atoms with Gasteiger partial charge >= 0.3 is 0 Å². The zero-order valence-electron chi connectivity index (χ0n) is 15.6. The van der Waals surface area contributed by atoms with Crippen molar-refractivity contribution in [3.63, 3.8) is 0 Å². The maximum absolute atomic E-state index is 9.29. The normalized spacial score (nSPS) is 27.5. The van der Waals surface area contributed by atoms with Crippen molar-refractivity contribution in [2.24, 2.45) is 23.7 Å². The number of hydrogen-bond acceptors (Lipinski definition) is 1. The predicted molar refractivity (Wildman–Crippen MR) is 99.1 cm³/mol. The molecule has 0 bridgehead atoms. The summed E-state index contributed by atoms with van der Waals surface area (Å²) in [5.41, 5.74) is 0. The van der Waals surface area contributed by atoms with E-state index in [9.17, 15) is 5.26 Å². The fourth-order valence-electron chi connectivity index (χ4n) is 5.12. The van der Waals surface area contributed by atoms with Gasteiger partial charge in [0.05, 0.1) is 6.07 Å². The van der Waals surface area contributed by atoms with E-state index in [4.69, 9.17) is 0 Å². The second kappa shape index (κ2) is 11.1. The van der Waals surface area contributed by atoms with E-state index >= 15 is 0 Å². The molecule has 1 unspecified atom stereocenters. The molecular formula is C22H39N. The van der Waals surface area contributed by atoms with Crippen LogP contribution in [-0.2, 0) is 0 Å². The first kappa shape index (κ1) is 18.8. The number of nitriles is 1. The molecule has 0 amide bonds. The summed E-state index contributed by atoms with van der Waals surface area (Å²) in [5, 5.41) is 9.29. The minimum Gasteiger partial charge on any atom is -0.198 e. The Bertz CT molecular complexity index is 328. The summed E-state index contributed by atoms with van der Waals surface area (Å²) in [6.07, 6.45) is 22.3. The van der Waals surface area contributed by atoms with E-state index in [1.807, 2.05) is 0 Å². The van der Waals surface area contributed by atoms with Gasteiger partial charge in [-0.15, -0.1) is 0 Å². The maximum Gasteiger partial charge on any atom is 0.0655 e. The summed E-state index contributed by atoms with van der Waals surface area (Å²) in [6, 6.07) is 2.55. The molecule has 0 aromatic carbocycles. The van der Waals surface area contributed by atoms with Crippen molar-refractivity contribution in [1.29, 1.82) is 5.26 Å². The van der Waals surface area contributed by atoms with Crippen molar-refractivity contribution in [2.45, 2.75) is 110 Å². The summed E-state index contributed by atoms with van der Waals surface area (Å²) in [6.45, 7) is 2.24. The highest BCUT2D eigenvalue weighted by molar-refractivity contribution is 4.83. The van der Waals surface area contributed by atoms with Crippen molar-refractivity contribution in [2.75, 3.05) is 0 Å². The molecule has 23 heavy (non-hydrogen) atoms. The van der Waals surface area contributed by atoms with E-state index < -0.39 is 0 Å². The van der Waals surface area contributed by atoms with Crippen LogP contribution in [0.5, 0.6) is 0 Å². The number of hydrogen-bond donors (Lipinski definition) is 0. The van der Waals surface area contributed by atoms with E-state index in [0.29, 0.717) is 5.92 Å². The van der Waals surface area contributed by atoms with Gasteiger partial charge in [-0.05, 0) is 43.4 Å². The van der Waals surface area contributed by atoms with Gasteiger partial charge in [0.1, 0.15) is 0 Å². The lowest BCUT2D eigenvalue weighted by Gasteiger charge is -2.36. The van der Waals surface area contributed by atoms with Crippen molar-refractivity contribution in [3.8, 4) is 6.07 Å². The molecule has 2 aliphatic carbocycles. The summed E-state index contributed by atoms with van der Waals surface area (Å²) in [5.74, 6) is 3.45. The Labute approximate surface area is 145 Å². The third-order valence-electron chi connectivity index (χ3n) is 6.71. The zero-order valence-corrected chi connectivity index (χ0v) is 15.6. The fourth-order valence-corrected chi connectivity index (χ4v) is 5.12. The summed E-state index contributed by atoms with van der Waals surface area (Å²) < 4.78 is 0. The molecule has 0 saturated heterocycles. The van der Waals surface area contributed by atoms with Gasteiger partial charge in [0.2, 0.25) is 0 Å². The lowest BCUT2D eigenvalue weighted by molar-refractivity contribution is 0.162. The van der Waals surface area contributed by atoms with Gasteiger partial charge in [-0.3, -0.25) is 0 Å². The van der Waals surface area contributed by atoms with Crippen molar-refractivity contribution in [3.05, 3.63) is 0 Å². The van der Waals surface area contributed by atoms with Gasteiger partial charge in [-0.1, -0.05) is 84.0 Å². The molecule has 0 N–H and O–H groups in total. The first-order valence-electron chi connectivity index (χ1n) is 10.7. The lowest BCUT2D eigenvalue weighted by Crippen LogP contribution is -2.23. The van der Waals surface area contributed by atoms with Gasteiger partial charge in [-0.2, -0.15) is 5.26 Å². The Hall–Kier alpha value is -0.510. The minimum atomic E-state index is 0.333. The molecule has 2 saturated carbocycles. The van der Waals surface area contributed by atoms with Gasteiger partial charge in [0.25, 0.3) is 0 Å². The van der Waals surface area contributed by atoms with Crippen LogP contribution in [-0.4, -0.2) is 0 Å². The maximum atomic E-state index is 9.29. The van der Waals surface area contributed by atoms with Gasteiger partial charge in [-0.25, -0.2) is 0 Å². The summed E-state index contributed by atoms with van der Waals surface area (Å²) in [7, 11) is 0. The molecule has 2 fully saturated rings. The molecule has 1 nitrogen and oxygen atoms in total. The standard InChI is InChI=1S/C22H39N/c1-2-3-5-9-20(18-23)11-8-10-19-14-16-22(17-15-19)21-12-6-4-7-13-21/h19-22H,2-17H2,1H3/t19-,20?,22-. The first-order valence-corrected chi connectivity index (χ1v) is 10.7. The highest BCUT2D eigenvalue weighted by Gasteiger charge is 2.28. The van der Waals surface area contributed by atoms with Gasteiger partial charge in [0.15, 0.2) is 0 Å². The highest BCUT2D eigenvalue weighted by Crippen LogP contribution is 2.41. The topological polar surface area (TPSA) is 23.8 Å². The molecule has 2 rings (SSSR count). The minimum absolute atomic E-state index is 0.333. The fraction of sp³-hybridized carbons (Fsp3) is 0.955. The zero-order chi connectivity index (χ0) is 16.3. The molecular weight excluding hydrogens is 278 g/mol. The Kier molecular flexibility index (Phi) is 9.10. The molecule has 0 aliphatic heterocycles. The second-order valence-electron chi connectivity index (χ2n) is 8.43. The second-order valence-corrected chi connectivity index (χ2v) is 8.43. The number of nitrogens with zero attached hydrogens (tertiary/aromatic N) is 1. The smallest absolute Gasteiger partial charge is 0.0655 e. The summed E-state index contributed by atoms with van der Waals surface area (Å²) in [4.78, 5) is 0. The van der Waals surface area contributed by atoms with Crippen LogP contribution in [0.4, 0.5) is 0 Å². The quantitative estimate of drug-likeness (QED) is 0.410. The number of unbranched alkanes of at least 4 members (excludes halogenated alkanes) is 2. The Morgan fingerprint density at radius 1 is 0.826 bits per heavy atom. The van der Waals surface area contributed by atoms with Gasteiger partial charge in [0, 0.05) is 5.92 Å². The van der Waals surface area contributed by atoms with Crippen LogP contribution in [0.3, 0.4) is 0 Å². The average molecular weight is 318 g/mol. The van der Waals surface area contributed by atoms with Crippen LogP contribution in [0, 0.1) is 35.0 Å². The molecule has 0 heterocycles. The molecule has 0 aromatic heterocycles. The highest BCUT2D eigenvalue weighted by atomic mass is 14.3. The molecule has 0 spiro atoms. The molecule has 0 radical (unpaired) electrons. The SMILES string of the molecule is CCCCCC(C#N)CCC[C@H]1CC[C@H](C2CCCCC2)CC1. The summed E-state index contributed by atoms with van der Waals surface area (Å²) >= 11 is 0. The van der Waals surface area contributed by atoms with Crippen molar-refractivity contribution >= 4 is 0 Å². The Balaban J connectivity index is 1.56. The van der Waals surface area contributed by atoms with Crippen molar-refractivity contribution < 1.29 is 0 Å². The van der Waals surface area contributed by atoms with E-state index in [1.165, 1.54) is 89.9 Å². The van der Waals surface area contributed by atoms with Crippen LogP contribution in [0.25, 0.3) is 0 Å². The van der Waals surface area contributed by atoms with Crippen LogP contribution in [0.1, 0.15) is 110 Å². The van der Waals surface area contributed by atoms with E-state index in [-0.39, 0.29) is 0 Å². The van der Waals surface area contributed by atoms with Crippen LogP contribution >= 0.6 is 0 Å². The molecule has 1 heteroatoms. The largest absolute Gasteiger partial charge is 0.198 e. The van der Waals surface area contributed by atoms with Crippen LogP contribution < -0.4 is 0 Å². The van der Waals surface area contributed by atoms with Crippen LogP contribution in [0.15, 0.2) is 0 Å². The monoisotopic (exact) mass is 317 g/mol. The number of rotatable bonds is 9. The van der Waals surface area contributed by atoms with E-state index in [0.717, 1.165) is 30.6 Å². The van der Waals surface area contributed by atoms with Crippen molar-refractivity contribution in [1.82, 2.24) is 0 Å². The molecule has 1 atom stereocenters. The van der Waals surface area contributed by atoms with E-state index in [1.54, 1.807) is 0 Å². The molecule has 132 valence electrons. The molecule has 2 aliphatic rings. The van der Waals surface area contributed by atoms with Gasteiger partial charge < -0.3 is 0 Å². The third-order valence-corrected chi connectivity index (χ3v) is 6.71. The predicted octanol–water partition coefficient (Wildman–Crippen LogP) is 7.26. The van der Waals surface area contributed by atoms with E-state index in [2.05, 4.69) is 13.0 Å². The lowest BCUT2D eigenvalue weighted by atomic mass is 9.70. The average Bonchev–Trinajstić information content (AvgIpc) is 2.62. The first-order chi connectivity index (χ1) is 11.3.